The highest BCUT2D eigenvalue weighted by Crippen LogP contribution is 2.25. The predicted octanol–water partition coefficient (Wildman–Crippen LogP) is 5.32. The van der Waals surface area contributed by atoms with Gasteiger partial charge in [-0.25, -0.2) is 9.59 Å². The minimum atomic E-state index is -1.15. The van der Waals surface area contributed by atoms with E-state index in [1.54, 1.807) is 0 Å². The molecule has 0 aliphatic rings. The number of carboxylic acid groups (broad SMARTS) is 2. The van der Waals surface area contributed by atoms with Crippen molar-refractivity contribution < 1.29 is 38.9 Å². The summed E-state index contributed by atoms with van der Waals surface area (Å²) in [5.74, 6) is -3.81. The largest absolute Gasteiger partial charge is 0.481 e. The van der Waals surface area contributed by atoms with Gasteiger partial charge < -0.3 is 19.7 Å². The van der Waals surface area contributed by atoms with E-state index in [0.717, 1.165) is 35.1 Å². The number of rotatable bonds is 17. The number of esters is 2. The molecule has 0 amide bonds. The Hall–Kier alpha value is -4.20. The summed E-state index contributed by atoms with van der Waals surface area (Å²) in [7, 11) is 0. The summed E-state index contributed by atoms with van der Waals surface area (Å²) in [5, 5.41) is 17.6. The molecule has 0 bridgehead atoms. The highest BCUT2D eigenvalue weighted by molar-refractivity contribution is 5.93. The van der Waals surface area contributed by atoms with Gasteiger partial charge in [0.05, 0.1) is 26.1 Å². The van der Waals surface area contributed by atoms with Gasteiger partial charge in [-0.15, -0.1) is 0 Å². The lowest BCUT2D eigenvalue weighted by Gasteiger charge is -2.12. The maximum atomic E-state index is 12.0. The van der Waals surface area contributed by atoms with Crippen LogP contribution in [0.25, 0.3) is 11.1 Å². The fraction of sp³-hybridized carbons (Fsp3) is 0.355. The number of hydrogen-bond donors (Lipinski definition) is 2. The topological polar surface area (TPSA) is 127 Å². The highest BCUT2D eigenvalue weighted by atomic mass is 16.5. The van der Waals surface area contributed by atoms with Gasteiger partial charge in [0.1, 0.15) is 0 Å². The van der Waals surface area contributed by atoms with Crippen LogP contribution in [0.2, 0.25) is 0 Å². The second-order valence-electron chi connectivity index (χ2n) is 9.31. The standard InChI is InChI=1S/C31H36O8/c1-4-5-6-7-23-8-10-26(11-9-23)27-19-24(12-14-38-30(36)21(2)16-28(32)33)18-25(20-27)13-15-39-31(37)22(3)17-29(34)35/h8-11,18-20H,2-7,12-17H2,1H3,(H,32,33)(H,34,35). The van der Waals surface area contributed by atoms with Gasteiger partial charge in [-0.1, -0.05) is 75.4 Å². The van der Waals surface area contributed by atoms with Crippen molar-refractivity contribution in [3.05, 3.63) is 83.5 Å². The Morgan fingerprint density at radius 3 is 1.59 bits per heavy atom. The number of unbranched alkanes of at least 4 members (excludes halogenated alkanes) is 2. The van der Waals surface area contributed by atoms with Crippen LogP contribution in [0.3, 0.4) is 0 Å². The Kier molecular flexibility index (Phi) is 12.7. The Labute approximate surface area is 229 Å². The minimum absolute atomic E-state index is 0.0424. The molecule has 0 aromatic heterocycles. The maximum absolute atomic E-state index is 12.0. The van der Waals surface area contributed by atoms with Gasteiger partial charge >= 0.3 is 23.9 Å². The highest BCUT2D eigenvalue weighted by Gasteiger charge is 2.14. The van der Waals surface area contributed by atoms with E-state index < -0.39 is 36.7 Å². The molecule has 0 unspecified atom stereocenters. The van der Waals surface area contributed by atoms with Crippen molar-refractivity contribution in [3.8, 4) is 11.1 Å². The van der Waals surface area contributed by atoms with Gasteiger partial charge in [-0.2, -0.15) is 0 Å². The van der Waals surface area contributed by atoms with Crippen molar-refractivity contribution in [2.45, 2.75) is 58.3 Å². The van der Waals surface area contributed by atoms with Crippen LogP contribution in [0, 0.1) is 0 Å². The average Bonchev–Trinajstić information content (AvgIpc) is 2.88. The van der Waals surface area contributed by atoms with Crippen molar-refractivity contribution in [1.82, 2.24) is 0 Å². The van der Waals surface area contributed by atoms with Gasteiger partial charge in [-0.3, -0.25) is 9.59 Å². The number of carboxylic acids is 2. The number of aliphatic carboxylic acids is 2. The fourth-order valence-electron chi connectivity index (χ4n) is 3.90. The third-order valence-electron chi connectivity index (χ3n) is 5.96. The summed E-state index contributed by atoms with van der Waals surface area (Å²) >= 11 is 0. The molecule has 208 valence electrons. The first-order valence-electron chi connectivity index (χ1n) is 12.9. The summed E-state index contributed by atoms with van der Waals surface area (Å²) in [5.41, 5.74) is 4.75. The molecule has 2 aromatic rings. The van der Waals surface area contributed by atoms with Gasteiger partial charge in [0.2, 0.25) is 0 Å². The van der Waals surface area contributed by atoms with Gasteiger partial charge in [0.15, 0.2) is 0 Å². The summed E-state index contributed by atoms with van der Waals surface area (Å²) < 4.78 is 10.4. The number of benzene rings is 2. The molecule has 2 rings (SSSR count). The van der Waals surface area contributed by atoms with Crippen LogP contribution in [0.1, 0.15) is 55.7 Å². The smallest absolute Gasteiger partial charge is 0.334 e. The van der Waals surface area contributed by atoms with Crippen molar-refractivity contribution in [2.24, 2.45) is 0 Å². The molecule has 0 aliphatic carbocycles. The molecule has 0 aliphatic heterocycles. The molecule has 0 saturated heterocycles. The van der Waals surface area contributed by atoms with Crippen LogP contribution in [0.5, 0.6) is 0 Å². The van der Waals surface area contributed by atoms with Crippen LogP contribution in [-0.4, -0.2) is 47.3 Å². The number of hydrogen-bond acceptors (Lipinski definition) is 6. The monoisotopic (exact) mass is 536 g/mol. The summed E-state index contributed by atoms with van der Waals surface area (Å²) in [6.45, 7) is 9.18. The van der Waals surface area contributed by atoms with Gasteiger partial charge in [0, 0.05) is 24.0 Å². The minimum Gasteiger partial charge on any atom is -0.481 e. The normalized spacial score (nSPS) is 10.5. The van der Waals surface area contributed by atoms with E-state index in [2.05, 4.69) is 44.3 Å². The third kappa shape index (κ3) is 11.4. The van der Waals surface area contributed by atoms with E-state index in [0.29, 0.717) is 12.8 Å². The van der Waals surface area contributed by atoms with Crippen LogP contribution in [0.4, 0.5) is 0 Å². The molecular weight excluding hydrogens is 500 g/mol. The van der Waals surface area contributed by atoms with E-state index >= 15 is 0 Å². The predicted molar refractivity (Wildman–Crippen MR) is 147 cm³/mol. The Morgan fingerprint density at radius 1 is 0.667 bits per heavy atom. The van der Waals surface area contributed by atoms with E-state index in [9.17, 15) is 19.2 Å². The lowest BCUT2D eigenvalue weighted by Crippen LogP contribution is -2.13. The van der Waals surface area contributed by atoms with E-state index in [1.807, 2.05) is 18.2 Å². The molecular formula is C31H36O8. The van der Waals surface area contributed by atoms with Crippen LogP contribution < -0.4 is 0 Å². The summed E-state index contributed by atoms with van der Waals surface area (Å²) in [6.07, 6.45) is 4.33. The van der Waals surface area contributed by atoms with Gasteiger partial charge in [0.25, 0.3) is 0 Å². The zero-order chi connectivity index (χ0) is 28.8. The van der Waals surface area contributed by atoms with E-state index in [4.69, 9.17) is 19.7 Å². The first-order chi connectivity index (χ1) is 18.6. The van der Waals surface area contributed by atoms with Crippen LogP contribution >= 0.6 is 0 Å². The number of aryl methyl sites for hydroxylation is 1. The lowest BCUT2D eigenvalue weighted by atomic mass is 9.96. The SMILES string of the molecule is C=C(CC(=O)O)C(=O)OCCc1cc(CCOC(=O)C(=C)CC(=O)O)cc(-c2ccc(CCCCC)cc2)c1. The number of carbonyl (C=O) groups is 4. The third-order valence-corrected chi connectivity index (χ3v) is 5.96. The first-order valence-corrected chi connectivity index (χ1v) is 12.9. The zero-order valence-corrected chi connectivity index (χ0v) is 22.4. The molecule has 0 atom stereocenters. The molecule has 8 nitrogen and oxygen atoms in total. The Morgan fingerprint density at radius 2 is 1.15 bits per heavy atom. The molecule has 8 heteroatoms. The average molecular weight is 537 g/mol. The molecule has 2 aromatic carbocycles. The van der Waals surface area contributed by atoms with E-state index in [-0.39, 0.29) is 24.4 Å². The molecule has 0 heterocycles. The second kappa shape index (κ2) is 15.9. The zero-order valence-electron chi connectivity index (χ0n) is 22.4. The lowest BCUT2D eigenvalue weighted by molar-refractivity contribution is -0.142. The molecule has 0 saturated carbocycles. The summed E-state index contributed by atoms with van der Waals surface area (Å²) in [4.78, 5) is 45.6. The van der Waals surface area contributed by atoms with Gasteiger partial charge in [-0.05, 0) is 40.7 Å². The second-order valence-corrected chi connectivity index (χ2v) is 9.31. The molecule has 2 N–H and O–H groups in total. The quantitative estimate of drug-likeness (QED) is 0.158. The number of ether oxygens (including phenoxy) is 2. The van der Waals surface area contributed by atoms with E-state index in [1.165, 1.54) is 18.4 Å². The molecule has 0 fully saturated rings. The first kappa shape index (κ1) is 31.0. The van der Waals surface area contributed by atoms with Crippen molar-refractivity contribution in [3.63, 3.8) is 0 Å². The van der Waals surface area contributed by atoms with Crippen molar-refractivity contribution in [2.75, 3.05) is 13.2 Å². The fourth-order valence-corrected chi connectivity index (χ4v) is 3.90. The number of carbonyl (C=O) groups excluding carboxylic acids is 2. The molecule has 0 spiro atoms. The maximum Gasteiger partial charge on any atom is 0.334 e. The van der Waals surface area contributed by atoms with Crippen molar-refractivity contribution >= 4 is 23.9 Å². The molecule has 39 heavy (non-hydrogen) atoms. The molecule has 0 radical (unpaired) electrons. The Balaban J connectivity index is 2.14. The summed E-state index contributed by atoms with van der Waals surface area (Å²) in [6, 6.07) is 14.3. The van der Waals surface area contributed by atoms with Crippen molar-refractivity contribution in [1.29, 1.82) is 0 Å². The van der Waals surface area contributed by atoms with Crippen LogP contribution in [0.15, 0.2) is 66.8 Å². The Bertz CT molecular complexity index is 1130. The van der Waals surface area contributed by atoms with Crippen LogP contribution in [-0.2, 0) is 47.9 Å².